The Labute approximate surface area is 135 Å². The zero-order valence-electron chi connectivity index (χ0n) is 13.4. The molecule has 1 amide bonds. The third-order valence-corrected chi connectivity index (χ3v) is 4.15. The van der Waals surface area contributed by atoms with E-state index in [1.807, 2.05) is 17.8 Å². The van der Waals surface area contributed by atoms with E-state index in [0.717, 1.165) is 31.6 Å². The lowest BCUT2D eigenvalue weighted by atomic mass is 10.1. The lowest BCUT2D eigenvalue weighted by Crippen LogP contribution is -2.42. The lowest BCUT2D eigenvalue weighted by molar-refractivity contribution is 0.0892. The summed E-state index contributed by atoms with van der Waals surface area (Å²) >= 11 is 0. The van der Waals surface area contributed by atoms with Gasteiger partial charge in [-0.05, 0) is 33.1 Å². The quantitative estimate of drug-likeness (QED) is 0.908. The molecule has 0 aromatic carbocycles. The molecule has 2 heterocycles. The van der Waals surface area contributed by atoms with Gasteiger partial charge in [-0.2, -0.15) is 5.10 Å². The molecule has 1 N–H and O–H groups in total. The lowest BCUT2D eigenvalue weighted by Gasteiger charge is -2.21. The average molecular weight is 315 g/mol. The van der Waals surface area contributed by atoms with E-state index < -0.39 is 0 Å². The Balaban J connectivity index is 1.65. The topological polar surface area (TPSA) is 81.9 Å². The van der Waals surface area contributed by atoms with E-state index in [1.165, 1.54) is 6.33 Å². The zero-order chi connectivity index (χ0) is 16.2. The summed E-state index contributed by atoms with van der Waals surface area (Å²) in [4.78, 5) is 20.4. The summed E-state index contributed by atoms with van der Waals surface area (Å²) < 4.78 is 7.83. The highest BCUT2D eigenvalue weighted by Gasteiger charge is 2.31. The molecule has 0 bridgehead atoms. The summed E-state index contributed by atoms with van der Waals surface area (Å²) in [6.45, 7) is 4.64. The molecule has 1 aliphatic rings. The van der Waals surface area contributed by atoms with Crippen molar-refractivity contribution in [3.63, 3.8) is 0 Å². The maximum Gasteiger partial charge on any atom is 0.255 e. The van der Waals surface area contributed by atoms with Crippen molar-refractivity contribution >= 4 is 5.91 Å². The maximum absolute atomic E-state index is 12.4. The van der Waals surface area contributed by atoms with Gasteiger partial charge < -0.3 is 10.1 Å². The summed E-state index contributed by atoms with van der Waals surface area (Å²) in [5.74, 6) is 0.602. The number of rotatable bonds is 5. The van der Waals surface area contributed by atoms with Crippen molar-refractivity contribution in [3.05, 3.63) is 36.2 Å². The third kappa shape index (κ3) is 3.49. The number of hydrogen-bond donors (Lipinski definition) is 1. The van der Waals surface area contributed by atoms with Crippen LogP contribution >= 0.6 is 0 Å². The molecule has 0 spiro atoms. The van der Waals surface area contributed by atoms with Crippen molar-refractivity contribution < 1.29 is 9.53 Å². The first-order valence-electron chi connectivity index (χ1n) is 7.94. The Morgan fingerprint density at radius 1 is 1.43 bits per heavy atom. The second-order valence-corrected chi connectivity index (χ2v) is 5.72. The minimum Gasteiger partial charge on any atom is -0.485 e. The molecule has 122 valence electrons. The molecule has 2 aromatic rings. The molecule has 1 fully saturated rings. The normalized spacial score (nSPS) is 20.4. The van der Waals surface area contributed by atoms with Crippen LogP contribution in [0.1, 0.15) is 42.2 Å². The third-order valence-electron chi connectivity index (χ3n) is 4.15. The molecule has 2 aromatic heterocycles. The van der Waals surface area contributed by atoms with E-state index in [-0.39, 0.29) is 18.1 Å². The van der Waals surface area contributed by atoms with Crippen molar-refractivity contribution in [2.24, 2.45) is 0 Å². The van der Waals surface area contributed by atoms with Gasteiger partial charge in [0.15, 0.2) is 5.75 Å². The second-order valence-electron chi connectivity index (χ2n) is 5.72. The first-order chi connectivity index (χ1) is 11.2. The van der Waals surface area contributed by atoms with Gasteiger partial charge in [-0.15, -0.1) is 0 Å². The van der Waals surface area contributed by atoms with E-state index >= 15 is 0 Å². The molecular weight excluding hydrogens is 294 g/mol. The molecule has 0 aliphatic heterocycles. The molecule has 7 heteroatoms. The fourth-order valence-electron chi connectivity index (χ4n) is 2.85. The second kappa shape index (κ2) is 6.76. The number of aryl methyl sites for hydroxylation is 2. The highest BCUT2D eigenvalue weighted by Crippen LogP contribution is 2.25. The standard InChI is InChI=1S/C16H21N5O2/c1-3-21-9-12(7-19-21)23-15-6-4-5-14(15)20-16(22)13-8-17-10-18-11(13)2/h7-10,14-15H,3-6H2,1-2H3,(H,20,22)/t14-,15+/m0/s1. The molecule has 7 nitrogen and oxygen atoms in total. The number of ether oxygens (including phenoxy) is 1. The van der Waals surface area contributed by atoms with Crippen LogP contribution < -0.4 is 10.1 Å². The first-order valence-corrected chi connectivity index (χ1v) is 7.94. The van der Waals surface area contributed by atoms with Gasteiger partial charge in [0.2, 0.25) is 0 Å². The maximum atomic E-state index is 12.4. The van der Waals surface area contributed by atoms with Gasteiger partial charge in [0.05, 0.1) is 29.7 Å². The summed E-state index contributed by atoms with van der Waals surface area (Å²) in [6.07, 6.45) is 9.42. The molecule has 0 radical (unpaired) electrons. The molecule has 1 saturated carbocycles. The van der Waals surface area contributed by atoms with E-state index in [9.17, 15) is 4.79 Å². The highest BCUT2D eigenvalue weighted by atomic mass is 16.5. The Hall–Kier alpha value is -2.44. The van der Waals surface area contributed by atoms with Crippen molar-refractivity contribution in [2.75, 3.05) is 0 Å². The number of carbonyl (C=O) groups is 1. The van der Waals surface area contributed by atoms with E-state index in [0.29, 0.717) is 11.3 Å². The molecule has 1 aliphatic carbocycles. The SMILES string of the molecule is CCn1cc(O[C@@H]2CCC[C@@H]2NC(=O)c2cncnc2C)cn1. The number of nitrogens with zero attached hydrogens (tertiary/aromatic N) is 4. The van der Waals surface area contributed by atoms with Gasteiger partial charge >= 0.3 is 0 Å². The van der Waals surface area contributed by atoms with Gasteiger partial charge in [0.1, 0.15) is 12.4 Å². The van der Waals surface area contributed by atoms with Crippen LogP contribution in [0.15, 0.2) is 24.9 Å². The fourth-order valence-corrected chi connectivity index (χ4v) is 2.85. The minimum absolute atomic E-state index is 0.00733. The number of nitrogens with one attached hydrogen (secondary N) is 1. The number of carbonyl (C=O) groups excluding carboxylic acids is 1. The molecule has 0 unspecified atom stereocenters. The summed E-state index contributed by atoms with van der Waals surface area (Å²) in [7, 11) is 0. The largest absolute Gasteiger partial charge is 0.485 e. The van der Waals surface area contributed by atoms with Crippen LogP contribution in [0.3, 0.4) is 0 Å². The van der Waals surface area contributed by atoms with E-state index in [1.54, 1.807) is 19.3 Å². The molecule has 3 rings (SSSR count). The average Bonchev–Trinajstić information content (AvgIpc) is 3.18. The Kier molecular flexibility index (Phi) is 4.55. The summed E-state index contributed by atoms with van der Waals surface area (Å²) in [5, 5.41) is 7.27. The highest BCUT2D eigenvalue weighted by molar-refractivity contribution is 5.95. The van der Waals surface area contributed by atoms with Crippen molar-refractivity contribution in [1.82, 2.24) is 25.1 Å². The summed E-state index contributed by atoms with van der Waals surface area (Å²) in [5.41, 5.74) is 1.19. The molecule has 0 saturated heterocycles. The van der Waals surface area contributed by atoms with Crippen molar-refractivity contribution in [1.29, 1.82) is 0 Å². The number of hydrogen-bond acceptors (Lipinski definition) is 5. The van der Waals surface area contributed by atoms with E-state index in [4.69, 9.17) is 4.74 Å². The Morgan fingerprint density at radius 3 is 3.04 bits per heavy atom. The van der Waals surface area contributed by atoms with Crippen LogP contribution in [0.4, 0.5) is 0 Å². The van der Waals surface area contributed by atoms with Crippen LogP contribution in [0.5, 0.6) is 5.75 Å². The molecular formula is C16H21N5O2. The first kappa shape index (κ1) is 15.5. The van der Waals surface area contributed by atoms with Crippen LogP contribution in [-0.4, -0.2) is 37.8 Å². The van der Waals surface area contributed by atoms with Gasteiger partial charge in [0, 0.05) is 12.7 Å². The van der Waals surface area contributed by atoms with Crippen LogP contribution in [0, 0.1) is 6.92 Å². The van der Waals surface area contributed by atoms with Gasteiger partial charge in [0.25, 0.3) is 5.91 Å². The minimum atomic E-state index is -0.146. The number of amides is 1. The van der Waals surface area contributed by atoms with Gasteiger partial charge in [-0.25, -0.2) is 9.97 Å². The van der Waals surface area contributed by atoms with Crippen molar-refractivity contribution in [2.45, 2.75) is 51.8 Å². The summed E-state index contributed by atoms with van der Waals surface area (Å²) in [6, 6.07) is -0.00733. The monoisotopic (exact) mass is 315 g/mol. The fraction of sp³-hybridized carbons (Fsp3) is 0.500. The van der Waals surface area contributed by atoms with E-state index in [2.05, 4.69) is 20.4 Å². The Morgan fingerprint density at radius 2 is 2.30 bits per heavy atom. The van der Waals surface area contributed by atoms with Crippen LogP contribution in [-0.2, 0) is 6.54 Å². The Bertz CT molecular complexity index is 685. The van der Waals surface area contributed by atoms with Crippen LogP contribution in [0.25, 0.3) is 0 Å². The van der Waals surface area contributed by atoms with Crippen LogP contribution in [0.2, 0.25) is 0 Å². The van der Waals surface area contributed by atoms with Gasteiger partial charge in [-0.1, -0.05) is 0 Å². The molecule has 23 heavy (non-hydrogen) atoms. The van der Waals surface area contributed by atoms with Crippen molar-refractivity contribution in [3.8, 4) is 5.75 Å². The predicted octanol–water partition coefficient (Wildman–Crippen LogP) is 1.73. The zero-order valence-corrected chi connectivity index (χ0v) is 13.4. The molecule has 2 atom stereocenters. The predicted molar refractivity (Wildman–Crippen MR) is 84.2 cm³/mol. The number of aromatic nitrogens is 4. The smallest absolute Gasteiger partial charge is 0.255 e. The van der Waals surface area contributed by atoms with Gasteiger partial charge in [-0.3, -0.25) is 9.48 Å².